The van der Waals surface area contributed by atoms with Gasteiger partial charge in [0.25, 0.3) is 11.7 Å². The predicted octanol–water partition coefficient (Wildman–Crippen LogP) is 2.17. The Bertz CT molecular complexity index is 597. The third-order valence-corrected chi connectivity index (χ3v) is 3.82. The van der Waals surface area contributed by atoms with Crippen LogP contribution in [0.2, 0.25) is 5.02 Å². The summed E-state index contributed by atoms with van der Waals surface area (Å²) in [7, 11) is 0. The maximum absolute atomic E-state index is 12.0. The zero-order valence-electron chi connectivity index (χ0n) is 12.0. The third-order valence-electron chi connectivity index (χ3n) is 3.59. The van der Waals surface area contributed by atoms with Gasteiger partial charge in [-0.05, 0) is 31.0 Å². The van der Waals surface area contributed by atoms with Crippen molar-refractivity contribution in [1.82, 2.24) is 5.32 Å². The molecule has 1 aliphatic rings. The van der Waals surface area contributed by atoms with E-state index >= 15 is 0 Å². The average Bonchev–Trinajstić information content (AvgIpc) is 2.69. The highest BCUT2D eigenvalue weighted by Gasteiger charge is 2.36. The lowest BCUT2D eigenvalue weighted by Gasteiger charge is -2.19. The lowest BCUT2D eigenvalue weighted by Crippen LogP contribution is -2.43. The summed E-state index contributed by atoms with van der Waals surface area (Å²) >= 11 is 5.83. The van der Waals surface area contributed by atoms with E-state index in [0.717, 1.165) is 12.8 Å². The standard InChI is InChI=1S/C15H17ClN2O3/c1-3-10(4-2)17-13(19)8-18-12-6-5-9(16)7-11(12)14(20)15(18)21/h5-7,10H,3-4,8H2,1-2H3,(H,17,19). The summed E-state index contributed by atoms with van der Waals surface area (Å²) in [5, 5.41) is 3.24. The van der Waals surface area contributed by atoms with E-state index in [1.807, 2.05) is 13.8 Å². The Labute approximate surface area is 128 Å². The van der Waals surface area contributed by atoms with Crippen molar-refractivity contribution in [3.63, 3.8) is 0 Å². The van der Waals surface area contributed by atoms with Gasteiger partial charge in [0.1, 0.15) is 6.54 Å². The van der Waals surface area contributed by atoms with Crippen molar-refractivity contribution in [2.24, 2.45) is 0 Å². The molecule has 0 bridgehead atoms. The SMILES string of the molecule is CCC(CC)NC(=O)CN1C(=O)C(=O)c2cc(Cl)ccc21. The van der Waals surface area contributed by atoms with Crippen LogP contribution >= 0.6 is 11.6 Å². The first-order valence-electron chi connectivity index (χ1n) is 6.93. The van der Waals surface area contributed by atoms with E-state index in [-0.39, 0.29) is 24.1 Å². The van der Waals surface area contributed by atoms with Crippen LogP contribution in [0.15, 0.2) is 18.2 Å². The highest BCUT2D eigenvalue weighted by molar-refractivity contribution is 6.53. The van der Waals surface area contributed by atoms with Crippen LogP contribution in [0.5, 0.6) is 0 Å². The summed E-state index contributed by atoms with van der Waals surface area (Å²) in [5.41, 5.74) is 0.692. The second-order valence-electron chi connectivity index (χ2n) is 4.96. The highest BCUT2D eigenvalue weighted by Crippen LogP contribution is 2.30. The van der Waals surface area contributed by atoms with Crippen LogP contribution in [0.4, 0.5) is 5.69 Å². The minimum Gasteiger partial charge on any atom is -0.352 e. The predicted molar refractivity (Wildman–Crippen MR) is 80.6 cm³/mol. The van der Waals surface area contributed by atoms with Gasteiger partial charge in [0, 0.05) is 11.1 Å². The summed E-state index contributed by atoms with van der Waals surface area (Å²) in [6, 6.07) is 4.72. The summed E-state index contributed by atoms with van der Waals surface area (Å²) < 4.78 is 0. The molecule has 0 aliphatic carbocycles. The fraction of sp³-hybridized carbons (Fsp3) is 0.400. The normalized spacial score (nSPS) is 13.8. The lowest BCUT2D eigenvalue weighted by molar-refractivity contribution is -0.122. The summed E-state index contributed by atoms with van der Waals surface area (Å²) in [4.78, 5) is 37.1. The number of Topliss-reactive ketones (excluding diaryl/α,β-unsaturated/α-hetero) is 1. The molecule has 1 N–H and O–H groups in total. The first-order valence-corrected chi connectivity index (χ1v) is 7.30. The molecule has 0 aromatic heterocycles. The monoisotopic (exact) mass is 308 g/mol. The van der Waals surface area contributed by atoms with E-state index in [9.17, 15) is 14.4 Å². The molecule has 1 aromatic carbocycles. The molecule has 0 unspecified atom stereocenters. The van der Waals surface area contributed by atoms with Crippen molar-refractivity contribution in [3.8, 4) is 0 Å². The molecule has 112 valence electrons. The fourth-order valence-corrected chi connectivity index (χ4v) is 2.51. The van der Waals surface area contributed by atoms with Gasteiger partial charge in [0.05, 0.1) is 11.3 Å². The summed E-state index contributed by atoms with van der Waals surface area (Å²) in [6.07, 6.45) is 1.64. The Morgan fingerprint density at radius 2 is 1.95 bits per heavy atom. The molecule has 2 rings (SSSR count). The molecule has 0 atom stereocenters. The third kappa shape index (κ3) is 3.08. The number of carbonyl (C=O) groups is 3. The number of halogens is 1. The number of fused-ring (bicyclic) bond motifs is 1. The Balaban J connectivity index is 2.17. The molecule has 0 fully saturated rings. The van der Waals surface area contributed by atoms with E-state index in [4.69, 9.17) is 11.6 Å². The Hall–Kier alpha value is -1.88. The quantitative estimate of drug-likeness (QED) is 0.848. The van der Waals surface area contributed by atoms with Gasteiger partial charge in [-0.15, -0.1) is 0 Å². The van der Waals surface area contributed by atoms with E-state index < -0.39 is 11.7 Å². The molecule has 5 nitrogen and oxygen atoms in total. The molecule has 1 aromatic rings. The molecule has 2 amide bonds. The van der Waals surface area contributed by atoms with Crippen LogP contribution in [0, 0.1) is 0 Å². The van der Waals surface area contributed by atoms with Gasteiger partial charge in [-0.3, -0.25) is 19.3 Å². The minimum atomic E-state index is -0.688. The van der Waals surface area contributed by atoms with Gasteiger partial charge >= 0.3 is 0 Å². The number of hydrogen-bond donors (Lipinski definition) is 1. The van der Waals surface area contributed by atoms with E-state index in [1.54, 1.807) is 12.1 Å². The van der Waals surface area contributed by atoms with E-state index in [1.165, 1.54) is 11.0 Å². The number of hydrogen-bond acceptors (Lipinski definition) is 3. The lowest BCUT2D eigenvalue weighted by atomic mass is 10.1. The maximum atomic E-state index is 12.0. The largest absolute Gasteiger partial charge is 0.352 e. The molecule has 1 aliphatic heterocycles. The first-order chi connectivity index (χ1) is 9.97. The molecule has 0 saturated carbocycles. The number of carbonyl (C=O) groups excluding carboxylic acids is 3. The van der Waals surface area contributed by atoms with Crippen LogP contribution in [0.25, 0.3) is 0 Å². The minimum absolute atomic E-state index is 0.0793. The van der Waals surface area contributed by atoms with Crippen molar-refractivity contribution < 1.29 is 14.4 Å². The number of ketones is 1. The molecule has 21 heavy (non-hydrogen) atoms. The molecule has 6 heteroatoms. The highest BCUT2D eigenvalue weighted by atomic mass is 35.5. The van der Waals surface area contributed by atoms with E-state index in [0.29, 0.717) is 10.7 Å². The second kappa shape index (κ2) is 6.26. The zero-order valence-corrected chi connectivity index (χ0v) is 12.7. The average molecular weight is 309 g/mol. The van der Waals surface area contributed by atoms with Crippen LogP contribution < -0.4 is 10.2 Å². The Morgan fingerprint density at radius 1 is 1.29 bits per heavy atom. The van der Waals surface area contributed by atoms with Gasteiger partial charge < -0.3 is 5.32 Å². The van der Waals surface area contributed by atoms with Crippen molar-refractivity contribution in [3.05, 3.63) is 28.8 Å². The van der Waals surface area contributed by atoms with Crippen molar-refractivity contribution >= 4 is 34.9 Å². The topological polar surface area (TPSA) is 66.5 Å². The zero-order chi connectivity index (χ0) is 15.6. The van der Waals surface area contributed by atoms with Gasteiger partial charge in [-0.25, -0.2) is 0 Å². The Kier molecular flexibility index (Phi) is 4.63. The fourth-order valence-electron chi connectivity index (χ4n) is 2.34. The number of benzene rings is 1. The van der Waals surface area contributed by atoms with Crippen LogP contribution in [0.1, 0.15) is 37.0 Å². The molecule has 0 spiro atoms. The van der Waals surface area contributed by atoms with Gasteiger partial charge in [-0.1, -0.05) is 25.4 Å². The van der Waals surface area contributed by atoms with Crippen molar-refractivity contribution in [2.75, 3.05) is 11.4 Å². The number of nitrogens with one attached hydrogen (secondary N) is 1. The first kappa shape index (κ1) is 15.5. The van der Waals surface area contributed by atoms with Crippen LogP contribution in [-0.4, -0.2) is 30.2 Å². The molecule has 0 radical (unpaired) electrons. The van der Waals surface area contributed by atoms with Crippen LogP contribution in [-0.2, 0) is 9.59 Å². The van der Waals surface area contributed by atoms with Gasteiger partial charge in [-0.2, -0.15) is 0 Å². The van der Waals surface area contributed by atoms with Crippen molar-refractivity contribution in [2.45, 2.75) is 32.7 Å². The molecule has 1 heterocycles. The number of nitrogens with zero attached hydrogens (tertiary/aromatic N) is 1. The molecular formula is C15H17ClN2O3. The van der Waals surface area contributed by atoms with E-state index in [2.05, 4.69) is 5.32 Å². The molecular weight excluding hydrogens is 292 g/mol. The number of amides is 2. The summed E-state index contributed by atoms with van der Waals surface area (Å²) in [6.45, 7) is 3.81. The molecule has 0 saturated heterocycles. The number of anilines is 1. The summed E-state index contributed by atoms with van der Waals surface area (Å²) in [5.74, 6) is -1.58. The van der Waals surface area contributed by atoms with Crippen molar-refractivity contribution in [1.29, 1.82) is 0 Å². The van der Waals surface area contributed by atoms with Gasteiger partial charge in [0.15, 0.2) is 0 Å². The Morgan fingerprint density at radius 3 is 2.57 bits per heavy atom. The smallest absolute Gasteiger partial charge is 0.299 e. The van der Waals surface area contributed by atoms with Gasteiger partial charge in [0.2, 0.25) is 5.91 Å². The maximum Gasteiger partial charge on any atom is 0.299 e. The second-order valence-corrected chi connectivity index (χ2v) is 5.40. The number of rotatable bonds is 5. The van der Waals surface area contributed by atoms with Crippen LogP contribution in [0.3, 0.4) is 0 Å².